The van der Waals surface area contributed by atoms with Crippen molar-refractivity contribution >= 4 is 29.4 Å². The first kappa shape index (κ1) is 14.1. The van der Waals surface area contributed by atoms with Crippen LogP contribution in [0.4, 0.5) is 0 Å². The highest BCUT2D eigenvalue weighted by Gasteiger charge is 2.39. The number of rotatable bonds is 3. The van der Waals surface area contributed by atoms with E-state index in [0.29, 0.717) is 32.5 Å². The Morgan fingerprint density at radius 1 is 1.32 bits per heavy atom. The van der Waals surface area contributed by atoms with Gasteiger partial charge < -0.3 is 14.9 Å². The summed E-state index contributed by atoms with van der Waals surface area (Å²) in [4.78, 5) is 37.5. The highest BCUT2D eigenvalue weighted by molar-refractivity contribution is 6.27. The van der Waals surface area contributed by atoms with E-state index in [1.807, 2.05) is 0 Å². The molecule has 0 aromatic carbocycles. The SMILES string of the molecule is O=C(O)C1CC(=O)N(C2CCN(C(=O)CCl)CC2)C1. The number of hydrogen-bond donors (Lipinski definition) is 1. The number of carboxylic acids is 1. The van der Waals surface area contributed by atoms with Gasteiger partial charge in [0.15, 0.2) is 0 Å². The van der Waals surface area contributed by atoms with Gasteiger partial charge >= 0.3 is 5.97 Å². The van der Waals surface area contributed by atoms with E-state index in [4.69, 9.17) is 16.7 Å². The van der Waals surface area contributed by atoms with Gasteiger partial charge in [-0.1, -0.05) is 0 Å². The minimum atomic E-state index is -0.911. The molecule has 1 atom stereocenters. The van der Waals surface area contributed by atoms with E-state index in [1.54, 1.807) is 9.80 Å². The van der Waals surface area contributed by atoms with E-state index in [-0.39, 0.29) is 30.2 Å². The molecule has 0 radical (unpaired) electrons. The Kier molecular flexibility index (Phi) is 4.29. The van der Waals surface area contributed by atoms with Gasteiger partial charge in [-0.25, -0.2) is 0 Å². The van der Waals surface area contributed by atoms with E-state index in [2.05, 4.69) is 0 Å². The lowest BCUT2D eigenvalue weighted by Crippen LogP contribution is -2.47. The minimum absolute atomic E-state index is 0.0194. The number of aliphatic carboxylic acids is 1. The molecule has 2 saturated heterocycles. The highest BCUT2D eigenvalue weighted by Crippen LogP contribution is 2.25. The van der Waals surface area contributed by atoms with E-state index in [1.165, 1.54) is 0 Å². The van der Waals surface area contributed by atoms with Gasteiger partial charge in [-0.15, -0.1) is 11.6 Å². The van der Waals surface area contributed by atoms with Crippen LogP contribution in [0.3, 0.4) is 0 Å². The second kappa shape index (κ2) is 5.77. The normalized spacial score (nSPS) is 24.9. The largest absolute Gasteiger partial charge is 0.481 e. The van der Waals surface area contributed by atoms with Crippen molar-refractivity contribution in [1.29, 1.82) is 0 Å². The van der Waals surface area contributed by atoms with Gasteiger partial charge in [0.1, 0.15) is 5.88 Å². The average Bonchev–Trinajstić information content (AvgIpc) is 2.80. The molecule has 1 N–H and O–H groups in total. The Bertz CT molecular complexity index is 393. The number of piperidine rings is 1. The van der Waals surface area contributed by atoms with Crippen LogP contribution in [-0.4, -0.2) is 64.2 Å². The molecule has 19 heavy (non-hydrogen) atoms. The van der Waals surface area contributed by atoms with E-state index in [0.717, 1.165) is 0 Å². The monoisotopic (exact) mass is 288 g/mol. The van der Waals surface area contributed by atoms with Crippen molar-refractivity contribution in [3.05, 3.63) is 0 Å². The zero-order valence-electron chi connectivity index (χ0n) is 10.5. The minimum Gasteiger partial charge on any atom is -0.481 e. The van der Waals surface area contributed by atoms with Gasteiger partial charge in [0, 0.05) is 32.1 Å². The molecule has 1 unspecified atom stereocenters. The van der Waals surface area contributed by atoms with Crippen molar-refractivity contribution < 1.29 is 19.5 Å². The second-order valence-electron chi connectivity index (χ2n) is 5.03. The molecular weight excluding hydrogens is 272 g/mol. The standard InChI is InChI=1S/C12H17ClN2O4/c13-6-11(17)14-3-1-9(2-4-14)15-7-8(12(18)19)5-10(15)16/h8-9H,1-7H2,(H,18,19). The maximum Gasteiger partial charge on any atom is 0.308 e. The van der Waals surface area contributed by atoms with Crippen LogP contribution in [0.15, 0.2) is 0 Å². The second-order valence-corrected chi connectivity index (χ2v) is 5.30. The summed E-state index contributed by atoms with van der Waals surface area (Å²) < 4.78 is 0. The van der Waals surface area contributed by atoms with Gasteiger partial charge in [-0.3, -0.25) is 14.4 Å². The van der Waals surface area contributed by atoms with Crippen LogP contribution in [0.25, 0.3) is 0 Å². The lowest BCUT2D eigenvalue weighted by Gasteiger charge is -2.36. The first-order valence-corrected chi connectivity index (χ1v) is 6.92. The Balaban J connectivity index is 1.90. The Labute approximate surface area is 116 Å². The maximum atomic E-state index is 11.8. The maximum absolute atomic E-state index is 11.8. The fraction of sp³-hybridized carbons (Fsp3) is 0.750. The predicted octanol–water partition coefficient (Wildman–Crippen LogP) is 0.149. The summed E-state index contributed by atoms with van der Waals surface area (Å²) in [5.74, 6) is -1.69. The number of carbonyl (C=O) groups is 3. The molecule has 0 aromatic rings. The van der Waals surface area contributed by atoms with Gasteiger partial charge in [0.25, 0.3) is 0 Å². The number of likely N-dealkylation sites (tertiary alicyclic amines) is 2. The molecule has 0 aromatic heterocycles. The van der Waals surface area contributed by atoms with Crippen LogP contribution in [0.2, 0.25) is 0 Å². The lowest BCUT2D eigenvalue weighted by molar-refractivity contribution is -0.141. The summed E-state index contributed by atoms with van der Waals surface area (Å²) in [5.41, 5.74) is 0. The summed E-state index contributed by atoms with van der Waals surface area (Å²) >= 11 is 5.50. The molecule has 0 saturated carbocycles. The fourth-order valence-electron chi connectivity index (χ4n) is 2.76. The van der Waals surface area contributed by atoms with Crippen LogP contribution < -0.4 is 0 Å². The van der Waals surface area contributed by atoms with Crippen molar-refractivity contribution in [3.63, 3.8) is 0 Å². The molecule has 106 valence electrons. The molecule has 0 aliphatic carbocycles. The Hall–Kier alpha value is -1.30. The third kappa shape index (κ3) is 3.00. The molecule has 0 spiro atoms. The first-order valence-electron chi connectivity index (χ1n) is 6.39. The van der Waals surface area contributed by atoms with Crippen LogP contribution in [-0.2, 0) is 14.4 Å². The van der Waals surface area contributed by atoms with Crippen molar-refractivity contribution in [2.75, 3.05) is 25.5 Å². The van der Waals surface area contributed by atoms with E-state index < -0.39 is 11.9 Å². The lowest BCUT2D eigenvalue weighted by atomic mass is 10.0. The van der Waals surface area contributed by atoms with Gasteiger partial charge in [0.2, 0.25) is 11.8 Å². The van der Waals surface area contributed by atoms with Crippen LogP contribution in [0.5, 0.6) is 0 Å². The van der Waals surface area contributed by atoms with Crippen LogP contribution >= 0.6 is 11.6 Å². The fourth-order valence-corrected chi connectivity index (χ4v) is 2.93. The van der Waals surface area contributed by atoms with E-state index >= 15 is 0 Å². The zero-order valence-corrected chi connectivity index (χ0v) is 11.3. The summed E-state index contributed by atoms with van der Waals surface area (Å²) in [6.45, 7) is 1.46. The zero-order chi connectivity index (χ0) is 14.0. The molecule has 2 amide bonds. The van der Waals surface area contributed by atoms with Gasteiger partial charge in [-0.05, 0) is 12.8 Å². The Morgan fingerprint density at radius 2 is 1.95 bits per heavy atom. The number of hydrogen-bond acceptors (Lipinski definition) is 3. The number of nitrogens with zero attached hydrogens (tertiary/aromatic N) is 2. The summed E-state index contributed by atoms with van der Waals surface area (Å²) in [6.07, 6.45) is 1.48. The average molecular weight is 289 g/mol. The van der Waals surface area contributed by atoms with Gasteiger partial charge in [0.05, 0.1) is 5.92 Å². The van der Waals surface area contributed by atoms with Crippen molar-refractivity contribution in [3.8, 4) is 0 Å². The number of carboxylic acid groups (broad SMARTS) is 1. The summed E-state index contributed by atoms with van der Waals surface area (Å²) in [7, 11) is 0. The van der Waals surface area contributed by atoms with Crippen molar-refractivity contribution in [2.45, 2.75) is 25.3 Å². The topological polar surface area (TPSA) is 77.9 Å². The molecule has 2 rings (SSSR count). The third-order valence-electron chi connectivity index (χ3n) is 3.88. The molecule has 2 heterocycles. The van der Waals surface area contributed by atoms with Crippen LogP contribution in [0.1, 0.15) is 19.3 Å². The van der Waals surface area contributed by atoms with E-state index in [9.17, 15) is 14.4 Å². The smallest absolute Gasteiger partial charge is 0.308 e. The molecule has 2 fully saturated rings. The number of alkyl halides is 1. The summed E-state index contributed by atoms with van der Waals surface area (Å²) in [5, 5.41) is 8.95. The van der Waals surface area contributed by atoms with Crippen molar-refractivity contribution in [2.24, 2.45) is 5.92 Å². The highest BCUT2D eigenvalue weighted by atomic mass is 35.5. The molecule has 6 nitrogen and oxygen atoms in total. The number of carbonyl (C=O) groups excluding carboxylic acids is 2. The molecule has 2 aliphatic rings. The van der Waals surface area contributed by atoms with Crippen molar-refractivity contribution in [1.82, 2.24) is 9.80 Å². The molecule has 7 heteroatoms. The van der Waals surface area contributed by atoms with Gasteiger partial charge in [-0.2, -0.15) is 0 Å². The number of amides is 2. The summed E-state index contributed by atoms with van der Waals surface area (Å²) in [6, 6.07) is 0.0521. The molecular formula is C12H17ClN2O4. The number of halogens is 1. The molecule has 0 bridgehead atoms. The molecule has 2 aliphatic heterocycles. The predicted molar refractivity (Wildman–Crippen MR) is 67.8 cm³/mol. The third-order valence-corrected chi connectivity index (χ3v) is 4.11. The Morgan fingerprint density at radius 3 is 2.42 bits per heavy atom. The van der Waals surface area contributed by atoms with Crippen LogP contribution in [0, 0.1) is 5.92 Å². The quantitative estimate of drug-likeness (QED) is 0.750. The first-order chi connectivity index (χ1) is 9.02.